The number of anilines is 1. The fraction of sp³-hybridized carbons (Fsp3) is 0.458. The number of likely N-dealkylation sites (tertiary alicyclic amines) is 1. The summed E-state index contributed by atoms with van der Waals surface area (Å²) in [4.78, 5) is 17.3. The molecule has 2 amide bonds. The molecule has 0 radical (unpaired) electrons. The molecule has 8 nitrogen and oxygen atoms in total. The first kappa shape index (κ1) is 28.4. The highest BCUT2D eigenvalue weighted by molar-refractivity contribution is 5.74. The molecule has 1 unspecified atom stereocenters. The number of halogens is 7. The van der Waals surface area contributed by atoms with Crippen LogP contribution in [0.2, 0.25) is 0 Å². The molecule has 4 rings (SSSR count). The zero-order valence-corrected chi connectivity index (χ0v) is 20.6. The second-order valence-electron chi connectivity index (χ2n) is 9.49. The SMILES string of the molecule is C[C@@](CNc1cc(C(F)(F)F)nc2cc(C(F)(F)F)nn12)(c1ccc(F)cc1)C1CCN(C(=O)NCCO)C1. The van der Waals surface area contributed by atoms with Gasteiger partial charge >= 0.3 is 18.4 Å². The van der Waals surface area contributed by atoms with Crippen molar-refractivity contribution in [1.82, 2.24) is 24.8 Å². The van der Waals surface area contributed by atoms with Crippen LogP contribution in [0.5, 0.6) is 0 Å². The number of carbonyl (C=O) groups is 1. The molecule has 1 fully saturated rings. The summed E-state index contributed by atoms with van der Waals surface area (Å²) in [7, 11) is 0. The first-order valence-electron chi connectivity index (χ1n) is 11.9. The van der Waals surface area contributed by atoms with Crippen molar-refractivity contribution in [3.63, 3.8) is 0 Å². The van der Waals surface area contributed by atoms with E-state index >= 15 is 0 Å². The highest BCUT2D eigenvalue weighted by Gasteiger charge is 2.42. The molecule has 212 valence electrons. The van der Waals surface area contributed by atoms with Gasteiger partial charge in [0.1, 0.15) is 11.6 Å². The van der Waals surface area contributed by atoms with Crippen LogP contribution in [0.3, 0.4) is 0 Å². The predicted octanol–water partition coefficient (Wildman–Crippen LogP) is 4.30. The summed E-state index contributed by atoms with van der Waals surface area (Å²) in [5.41, 5.74) is -3.75. The van der Waals surface area contributed by atoms with Crippen molar-refractivity contribution in [2.45, 2.75) is 31.1 Å². The minimum absolute atomic E-state index is 0.0557. The fourth-order valence-corrected chi connectivity index (χ4v) is 4.71. The van der Waals surface area contributed by atoms with Gasteiger partial charge in [0.15, 0.2) is 17.0 Å². The minimum Gasteiger partial charge on any atom is -0.395 e. The lowest BCUT2D eigenvalue weighted by atomic mass is 9.71. The van der Waals surface area contributed by atoms with Crippen LogP contribution in [0.1, 0.15) is 30.3 Å². The number of aromatic nitrogens is 3. The number of aliphatic hydroxyl groups excluding tert-OH is 1. The Morgan fingerprint density at radius 1 is 1.08 bits per heavy atom. The molecule has 1 saturated heterocycles. The van der Waals surface area contributed by atoms with Crippen molar-refractivity contribution in [3.8, 4) is 0 Å². The van der Waals surface area contributed by atoms with Crippen LogP contribution >= 0.6 is 0 Å². The van der Waals surface area contributed by atoms with Crippen molar-refractivity contribution >= 4 is 17.5 Å². The van der Waals surface area contributed by atoms with E-state index in [2.05, 4.69) is 20.7 Å². The molecule has 0 aliphatic carbocycles. The monoisotopic (exact) mass is 562 g/mol. The first-order valence-corrected chi connectivity index (χ1v) is 11.9. The number of fused-ring (bicyclic) bond motifs is 1. The smallest absolute Gasteiger partial charge is 0.395 e. The van der Waals surface area contributed by atoms with E-state index in [1.807, 2.05) is 0 Å². The molecule has 1 aliphatic heterocycles. The summed E-state index contributed by atoms with van der Waals surface area (Å²) >= 11 is 0. The van der Waals surface area contributed by atoms with Crippen molar-refractivity contribution < 1.29 is 40.6 Å². The Hall–Kier alpha value is -3.62. The molecule has 0 spiro atoms. The lowest BCUT2D eigenvalue weighted by Crippen LogP contribution is -2.43. The topological polar surface area (TPSA) is 94.8 Å². The van der Waals surface area contributed by atoms with E-state index in [9.17, 15) is 35.5 Å². The van der Waals surface area contributed by atoms with Crippen LogP contribution in [0.15, 0.2) is 36.4 Å². The lowest BCUT2D eigenvalue weighted by Gasteiger charge is -2.37. The van der Waals surface area contributed by atoms with E-state index in [-0.39, 0.29) is 38.0 Å². The maximum Gasteiger partial charge on any atom is 0.435 e. The van der Waals surface area contributed by atoms with Crippen molar-refractivity contribution in [3.05, 3.63) is 59.2 Å². The van der Waals surface area contributed by atoms with Gasteiger partial charge in [-0.15, -0.1) is 0 Å². The number of rotatable bonds is 7. The van der Waals surface area contributed by atoms with Gasteiger partial charge in [-0.1, -0.05) is 19.1 Å². The fourth-order valence-electron chi connectivity index (χ4n) is 4.71. The summed E-state index contributed by atoms with van der Waals surface area (Å²) in [6, 6.07) is 6.10. The number of urea groups is 1. The summed E-state index contributed by atoms with van der Waals surface area (Å²) in [5, 5.41) is 17.8. The number of amides is 2. The number of hydrogen-bond acceptors (Lipinski definition) is 5. The van der Waals surface area contributed by atoms with Gasteiger partial charge in [-0.25, -0.2) is 14.2 Å². The normalized spacial score (nSPS) is 17.9. The number of carbonyl (C=O) groups excluding carboxylic acids is 1. The van der Waals surface area contributed by atoms with Crippen LogP contribution < -0.4 is 10.6 Å². The number of aliphatic hydroxyl groups is 1. The molecule has 3 N–H and O–H groups in total. The van der Waals surface area contributed by atoms with Crippen molar-refractivity contribution in [2.24, 2.45) is 5.92 Å². The van der Waals surface area contributed by atoms with E-state index < -0.39 is 46.7 Å². The second-order valence-corrected chi connectivity index (χ2v) is 9.49. The first-order chi connectivity index (χ1) is 18.2. The molecule has 3 aromatic rings. The Bertz CT molecular complexity index is 1330. The number of alkyl halides is 6. The zero-order chi connectivity index (χ0) is 28.6. The third-order valence-electron chi connectivity index (χ3n) is 6.91. The summed E-state index contributed by atoms with van der Waals surface area (Å²) in [5.74, 6) is -1.14. The Morgan fingerprint density at radius 2 is 1.74 bits per heavy atom. The van der Waals surface area contributed by atoms with Gasteiger partial charge in [-0.2, -0.15) is 36.0 Å². The van der Waals surface area contributed by atoms with E-state index in [1.165, 1.54) is 29.2 Å². The van der Waals surface area contributed by atoms with Gasteiger partial charge in [0.2, 0.25) is 0 Å². The van der Waals surface area contributed by atoms with Crippen LogP contribution in [0.25, 0.3) is 5.65 Å². The molecule has 15 heteroatoms. The quantitative estimate of drug-likeness (QED) is 0.374. The molecule has 2 aromatic heterocycles. The van der Waals surface area contributed by atoms with E-state index in [0.717, 1.165) is 0 Å². The molecule has 39 heavy (non-hydrogen) atoms. The average molecular weight is 562 g/mol. The van der Waals surface area contributed by atoms with Crippen LogP contribution in [-0.4, -0.2) is 63.4 Å². The number of nitrogens with zero attached hydrogens (tertiary/aromatic N) is 4. The molecule has 0 bridgehead atoms. The standard InChI is InChI=1S/C24H25F7N6O2/c1-22(14-2-4-16(25)5-3-14,15-6-8-36(12-15)21(39)32-7-9-38)13-33-19-10-17(23(26,27)28)34-20-11-18(24(29,30)31)35-37(19)20/h2-5,10-11,15,33,38H,6-9,12-13H2,1H3,(H,32,39)/t15?,22-/m1/s1. The summed E-state index contributed by atoms with van der Waals surface area (Å²) < 4.78 is 94.8. The number of nitrogens with one attached hydrogen (secondary N) is 2. The van der Waals surface area contributed by atoms with Gasteiger partial charge in [0.25, 0.3) is 0 Å². The molecule has 1 aromatic carbocycles. The second kappa shape index (κ2) is 10.5. The summed E-state index contributed by atoms with van der Waals surface area (Å²) in [6.45, 7) is 2.09. The van der Waals surface area contributed by atoms with Crippen molar-refractivity contribution in [1.29, 1.82) is 0 Å². The maximum atomic E-state index is 13.7. The molecule has 0 saturated carbocycles. The van der Waals surface area contributed by atoms with Gasteiger partial charge in [-0.05, 0) is 30.0 Å². The van der Waals surface area contributed by atoms with Gasteiger partial charge in [-0.3, -0.25) is 0 Å². The molecule has 1 aliphatic rings. The third kappa shape index (κ3) is 6.02. The van der Waals surface area contributed by atoms with E-state index in [1.54, 1.807) is 6.92 Å². The third-order valence-corrected chi connectivity index (χ3v) is 6.91. The predicted molar refractivity (Wildman–Crippen MR) is 125 cm³/mol. The van der Waals surface area contributed by atoms with Gasteiger partial charge in [0.05, 0.1) is 6.61 Å². The van der Waals surface area contributed by atoms with E-state index in [4.69, 9.17) is 5.11 Å². The van der Waals surface area contributed by atoms with Crippen LogP contribution in [0.4, 0.5) is 41.3 Å². The van der Waals surface area contributed by atoms with Crippen molar-refractivity contribution in [2.75, 3.05) is 38.1 Å². The van der Waals surface area contributed by atoms with Crippen LogP contribution in [0, 0.1) is 11.7 Å². The zero-order valence-electron chi connectivity index (χ0n) is 20.6. The van der Waals surface area contributed by atoms with Gasteiger partial charge < -0.3 is 20.6 Å². The molecular weight excluding hydrogens is 537 g/mol. The number of benzene rings is 1. The maximum absolute atomic E-state index is 13.7. The Labute approximate surface area is 217 Å². The average Bonchev–Trinajstić information content (AvgIpc) is 3.53. The number of hydrogen-bond donors (Lipinski definition) is 3. The Morgan fingerprint density at radius 3 is 2.36 bits per heavy atom. The van der Waals surface area contributed by atoms with Crippen LogP contribution in [-0.2, 0) is 17.8 Å². The van der Waals surface area contributed by atoms with Gasteiger partial charge in [0, 0.05) is 43.7 Å². The Balaban J connectivity index is 1.70. The largest absolute Gasteiger partial charge is 0.435 e. The molecular formula is C24H25F7N6O2. The molecule has 2 atom stereocenters. The Kier molecular flexibility index (Phi) is 7.65. The minimum atomic E-state index is -4.94. The van der Waals surface area contributed by atoms with E-state index in [0.29, 0.717) is 35.2 Å². The molecule has 3 heterocycles. The lowest BCUT2D eigenvalue weighted by molar-refractivity contribution is -0.142. The summed E-state index contributed by atoms with van der Waals surface area (Å²) in [6.07, 6.45) is -9.35. The highest BCUT2D eigenvalue weighted by atomic mass is 19.4. The highest BCUT2D eigenvalue weighted by Crippen LogP contribution is 2.39.